The van der Waals surface area contributed by atoms with Crippen LogP contribution in [0.5, 0.6) is 0 Å². The average Bonchev–Trinajstić information content (AvgIpc) is 3.50. The number of thioether (sulfide) groups is 1. The maximum Gasteiger partial charge on any atom is 0.308 e. The second kappa shape index (κ2) is 8.49. The summed E-state index contributed by atoms with van der Waals surface area (Å²) in [6.45, 7) is 0.00798. The molecule has 1 aromatic heterocycles. The molecule has 2 aliphatic carbocycles. The van der Waals surface area contributed by atoms with Crippen molar-refractivity contribution < 1.29 is 4.79 Å². The number of carbonyl (C=O) groups is 1. The van der Waals surface area contributed by atoms with Crippen molar-refractivity contribution in [3.8, 4) is 0 Å². The average molecular weight is 518 g/mol. The molecule has 4 unspecified atom stereocenters. The minimum atomic E-state index is -0.197. The van der Waals surface area contributed by atoms with Gasteiger partial charge in [-0.1, -0.05) is 64.9 Å². The number of halogens is 2. The number of carbonyl (C=O) groups excluding carboxylic acids is 1. The second-order valence-corrected chi connectivity index (χ2v) is 12.1. The molecule has 2 saturated carbocycles. The molecule has 4 nitrogen and oxygen atoms in total. The van der Waals surface area contributed by atoms with Crippen LogP contribution in [0.1, 0.15) is 35.6 Å². The Morgan fingerprint density at radius 1 is 1.06 bits per heavy atom. The quantitative estimate of drug-likeness (QED) is 0.430. The van der Waals surface area contributed by atoms with Crippen LogP contribution in [-0.2, 0) is 11.3 Å². The molecule has 2 bridgehead atoms. The van der Waals surface area contributed by atoms with Crippen molar-refractivity contribution in [1.29, 1.82) is 0 Å². The maximum atomic E-state index is 13.2. The zero-order chi connectivity index (χ0) is 22.7. The number of anilines is 1. The van der Waals surface area contributed by atoms with Crippen molar-refractivity contribution in [1.82, 2.24) is 4.57 Å². The number of aromatic nitrogens is 1. The van der Waals surface area contributed by atoms with Crippen LogP contribution in [0.2, 0.25) is 10.0 Å². The summed E-state index contributed by atoms with van der Waals surface area (Å²) in [5.41, 5.74) is 1.74. The minimum Gasteiger partial charge on any atom is -0.325 e. The van der Waals surface area contributed by atoms with Gasteiger partial charge in [-0.15, -0.1) is 11.8 Å². The number of nitrogens with one attached hydrogen (secondary N) is 1. The van der Waals surface area contributed by atoms with Gasteiger partial charge in [0.1, 0.15) is 6.54 Å². The molecule has 2 aromatic carbocycles. The van der Waals surface area contributed by atoms with Gasteiger partial charge in [0.15, 0.2) is 0 Å². The number of hydrogen-bond acceptors (Lipinski definition) is 4. The predicted octanol–water partition coefficient (Wildman–Crippen LogP) is 6.51. The van der Waals surface area contributed by atoms with Crippen molar-refractivity contribution >= 4 is 57.9 Å². The lowest BCUT2D eigenvalue weighted by molar-refractivity contribution is -0.116. The molecule has 0 spiro atoms. The van der Waals surface area contributed by atoms with E-state index in [0.717, 1.165) is 21.2 Å². The van der Waals surface area contributed by atoms with E-state index in [1.165, 1.54) is 30.6 Å². The van der Waals surface area contributed by atoms with Gasteiger partial charge in [-0.05, 0) is 60.8 Å². The van der Waals surface area contributed by atoms with E-state index in [4.69, 9.17) is 23.2 Å². The molecule has 1 amide bonds. The number of fused-ring (bicyclic) bond motifs is 6. The first-order valence-corrected chi connectivity index (χ1v) is 13.7. The summed E-state index contributed by atoms with van der Waals surface area (Å²) >= 11 is 16.2. The monoisotopic (exact) mass is 516 g/mol. The first kappa shape index (κ1) is 21.8. The highest BCUT2D eigenvalue weighted by atomic mass is 35.5. The summed E-state index contributed by atoms with van der Waals surface area (Å²) in [7, 11) is 0. The van der Waals surface area contributed by atoms with E-state index in [1.807, 2.05) is 54.2 Å². The maximum absolute atomic E-state index is 13.2. The van der Waals surface area contributed by atoms with Crippen molar-refractivity contribution in [3.05, 3.63) is 78.7 Å². The van der Waals surface area contributed by atoms with Crippen LogP contribution in [-0.4, -0.2) is 15.7 Å². The summed E-state index contributed by atoms with van der Waals surface area (Å²) in [5.74, 6) is 1.59. The first-order chi connectivity index (χ1) is 16.0. The van der Waals surface area contributed by atoms with E-state index in [0.29, 0.717) is 33.0 Å². The van der Waals surface area contributed by atoms with Crippen LogP contribution in [0, 0.1) is 17.8 Å². The lowest BCUT2D eigenvalue weighted by Crippen LogP contribution is -2.35. The van der Waals surface area contributed by atoms with E-state index in [-0.39, 0.29) is 23.2 Å². The molecule has 2 heterocycles. The normalized spacial score (nSPS) is 27.3. The van der Waals surface area contributed by atoms with Gasteiger partial charge >= 0.3 is 4.87 Å². The summed E-state index contributed by atoms with van der Waals surface area (Å²) in [6, 6.07) is 15.1. The molecule has 1 aliphatic heterocycles. The number of thiazole rings is 1. The summed E-state index contributed by atoms with van der Waals surface area (Å²) in [6.07, 6.45) is 3.73. The fourth-order valence-corrected chi connectivity index (χ4v) is 9.63. The molecule has 8 heteroatoms. The largest absolute Gasteiger partial charge is 0.325 e. The molecule has 0 radical (unpaired) electrons. The zero-order valence-electron chi connectivity index (χ0n) is 17.7. The molecule has 3 aliphatic rings. The lowest BCUT2D eigenvalue weighted by Gasteiger charge is -2.40. The molecule has 6 rings (SSSR count). The van der Waals surface area contributed by atoms with Gasteiger partial charge in [0.25, 0.3) is 0 Å². The fourth-order valence-electron chi connectivity index (χ4n) is 6.06. The van der Waals surface area contributed by atoms with Gasteiger partial charge in [0.2, 0.25) is 5.91 Å². The van der Waals surface area contributed by atoms with Crippen LogP contribution in [0.25, 0.3) is 0 Å². The molecular formula is C25H22Cl2N2O2S2. The summed E-state index contributed by atoms with van der Waals surface area (Å²) in [4.78, 5) is 26.9. The molecule has 0 saturated heterocycles. The third-order valence-electron chi connectivity index (χ3n) is 7.37. The van der Waals surface area contributed by atoms with Crippen LogP contribution in [0.3, 0.4) is 0 Å². The molecular weight excluding hydrogens is 495 g/mol. The summed E-state index contributed by atoms with van der Waals surface area (Å²) in [5, 5.41) is 5.40. The van der Waals surface area contributed by atoms with Gasteiger partial charge in [-0.3, -0.25) is 14.2 Å². The third-order valence-corrected chi connectivity index (χ3v) is 11.0. The van der Waals surface area contributed by atoms with Crippen molar-refractivity contribution in [2.24, 2.45) is 17.8 Å². The molecule has 1 N–H and O–H groups in total. The number of rotatable bonds is 4. The molecule has 2 fully saturated rings. The highest BCUT2D eigenvalue weighted by Gasteiger charge is 2.55. The molecule has 3 aromatic rings. The SMILES string of the molecule is O=C(Cn1c2c(sc1=O)[C@H](c1cccc(Cl)c1Cl)C1C3CCC(C3)C1S2)Nc1ccccc1. The Hall–Kier alpha value is -1.73. The van der Waals surface area contributed by atoms with Crippen LogP contribution < -0.4 is 10.2 Å². The smallest absolute Gasteiger partial charge is 0.308 e. The van der Waals surface area contributed by atoms with Crippen LogP contribution in [0.4, 0.5) is 5.69 Å². The third kappa shape index (κ3) is 3.66. The van der Waals surface area contributed by atoms with Gasteiger partial charge in [-0.25, -0.2) is 0 Å². The summed E-state index contributed by atoms with van der Waals surface area (Å²) < 4.78 is 1.66. The fraction of sp³-hybridized carbons (Fsp3) is 0.360. The first-order valence-electron chi connectivity index (χ1n) is 11.2. The lowest BCUT2D eigenvalue weighted by atomic mass is 9.75. The zero-order valence-corrected chi connectivity index (χ0v) is 20.8. The van der Waals surface area contributed by atoms with Gasteiger partial charge in [0, 0.05) is 21.7 Å². The highest BCUT2D eigenvalue weighted by molar-refractivity contribution is 8.00. The van der Waals surface area contributed by atoms with Crippen molar-refractivity contribution in [2.75, 3.05) is 5.32 Å². The van der Waals surface area contributed by atoms with Crippen molar-refractivity contribution in [2.45, 2.75) is 42.0 Å². The van der Waals surface area contributed by atoms with Gasteiger partial charge in [0.05, 0.1) is 15.1 Å². The Morgan fingerprint density at radius 2 is 1.85 bits per heavy atom. The number of amides is 1. The van der Waals surface area contributed by atoms with E-state index in [2.05, 4.69) is 11.4 Å². The molecule has 5 atom stereocenters. The number of para-hydroxylation sites is 1. The minimum absolute atomic E-state index is 0.00798. The molecule has 33 heavy (non-hydrogen) atoms. The number of benzene rings is 2. The standard InChI is InChI=1S/C25H22Cl2N2O2S2/c26-17-8-4-7-16(21(17)27)20-19-13-9-10-14(11-13)22(19)32-24-23(20)33-25(31)29(24)12-18(30)28-15-5-2-1-3-6-15/h1-8,13-14,19-20,22H,9-12H2,(H,28,30)/t13?,14?,19?,20-,22?/m1/s1. The Morgan fingerprint density at radius 3 is 2.67 bits per heavy atom. The van der Waals surface area contributed by atoms with Crippen molar-refractivity contribution in [3.63, 3.8) is 0 Å². The van der Waals surface area contributed by atoms with E-state index in [1.54, 1.807) is 4.57 Å². The van der Waals surface area contributed by atoms with E-state index in [9.17, 15) is 9.59 Å². The second-order valence-electron chi connectivity index (χ2n) is 9.15. The van der Waals surface area contributed by atoms with Crippen LogP contribution >= 0.6 is 46.3 Å². The Bertz CT molecular complexity index is 1290. The number of hydrogen-bond donors (Lipinski definition) is 1. The van der Waals surface area contributed by atoms with E-state index < -0.39 is 0 Å². The topological polar surface area (TPSA) is 51.1 Å². The van der Waals surface area contributed by atoms with Gasteiger partial charge < -0.3 is 5.32 Å². The Balaban J connectivity index is 1.41. The predicted molar refractivity (Wildman–Crippen MR) is 136 cm³/mol. The molecule has 170 valence electrons. The highest BCUT2D eigenvalue weighted by Crippen LogP contribution is 2.64. The van der Waals surface area contributed by atoms with E-state index >= 15 is 0 Å². The Kier molecular flexibility index (Phi) is 5.60. The number of nitrogens with zero attached hydrogens (tertiary/aromatic N) is 1. The van der Waals surface area contributed by atoms with Crippen LogP contribution in [0.15, 0.2) is 58.4 Å². The van der Waals surface area contributed by atoms with Gasteiger partial charge in [-0.2, -0.15) is 0 Å². The Labute approximate surface area is 210 Å².